The van der Waals surface area contributed by atoms with E-state index in [1.54, 1.807) is 0 Å². The van der Waals surface area contributed by atoms with Gasteiger partial charge in [-0.3, -0.25) is 14.4 Å². The summed E-state index contributed by atoms with van der Waals surface area (Å²) in [6.07, 6.45) is 0. The average molecular weight is 278 g/mol. The van der Waals surface area contributed by atoms with Gasteiger partial charge in [0.15, 0.2) is 20.4 Å². The molecule has 0 aromatic heterocycles. The van der Waals surface area contributed by atoms with Gasteiger partial charge in [0.2, 0.25) is 0 Å². The normalized spacial score (nSPS) is 9.63. The second-order valence-corrected chi connectivity index (χ2v) is 3.05. The van der Waals surface area contributed by atoms with Crippen molar-refractivity contribution in [3.8, 4) is 0 Å². The number of carbonyl (C=O) groups excluding carboxylic acids is 3. The van der Waals surface area contributed by atoms with Gasteiger partial charge in [-0.1, -0.05) is 0 Å². The fourth-order valence-corrected chi connectivity index (χ4v) is 0.662. The number of ether oxygens (including phenoxy) is 3. The van der Waals surface area contributed by atoms with Crippen LogP contribution in [0.25, 0.3) is 0 Å². The average Bonchev–Trinajstić information content (AvgIpc) is 2.26. The summed E-state index contributed by atoms with van der Waals surface area (Å²) in [5.41, 5.74) is 0. The molecule has 0 heterocycles. The van der Waals surface area contributed by atoms with Crippen molar-refractivity contribution in [3.63, 3.8) is 0 Å². The highest BCUT2D eigenvalue weighted by atomic mass is 16.8. The van der Waals surface area contributed by atoms with Crippen LogP contribution in [0.2, 0.25) is 0 Å². The van der Waals surface area contributed by atoms with Crippen LogP contribution in [-0.2, 0) is 42.6 Å². The zero-order valence-electron chi connectivity index (χ0n) is 10.9. The zero-order valence-corrected chi connectivity index (χ0v) is 10.9. The Bertz CT molecular complexity index is 259. The Hall–Kier alpha value is -1.65. The molecule has 0 unspecified atom stereocenters. The summed E-state index contributed by atoms with van der Waals surface area (Å²) < 4.78 is 28.0. The number of hydrogen-bond acceptors (Lipinski definition) is 9. The maximum absolute atomic E-state index is 10.5. The van der Waals surface area contributed by atoms with Gasteiger partial charge in [-0.2, -0.15) is 0 Å². The summed E-state index contributed by atoms with van der Waals surface area (Å²) in [5, 5.41) is 0. The molecule has 0 bridgehead atoms. The van der Waals surface area contributed by atoms with Crippen LogP contribution in [0.5, 0.6) is 0 Å². The van der Waals surface area contributed by atoms with E-state index in [1.807, 2.05) is 0 Å². The predicted molar refractivity (Wildman–Crippen MR) is 58.9 cm³/mol. The second-order valence-electron chi connectivity index (χ2n) is 3.05. The van der Waals surface area contributed by atoms with E-state index in [0.29, 0.717) is 0 Å². The molecule has 0 aliphatic rings. The van der Waals surface area contributed by atoms with E-state index >= 15 is 0 Å². The van der Waals surface area contributed by atoms with Gasteiger partial charge in [-0.15, -0.1) is 0 Å². The minimum atomic E-state index is -1.32. The van der Waals surface area contributed by atoms with E-state index in [-0.39, 0.29) is 0 Å². The fourth-order valence-electron chi connectivity index (χ4n) is 0.662. The van der Waals surface area contributed by atoms with Crippen molar-refractivity contribution in [2.24, 2.45) is 0 Å². The van der Waals surface area contributed by atoms with E-state index < -0.39 is 45.6 Å². The molecule has 0 saturated carbocycles. The minimum Gasteiger partial charge on any atom is -0.440 e. The molecule has 108 valence electrons. The molecule has 0 rings (SSSR count). The van der Waals surface area contributed by atoms with E-state index in [9.17, 15) is 14.4 Å². The Morgan fingerprint density at radius 3 is 1.16 bits per heavy atom. The number of esters is 3. The number of rotatable bonds is 9. The van der Waals surface area contributed by atoms with Gasteiger partial charge in [-0.05, 0) is 0 Å². The quantitative estimate of drug-likeness (QED) is 0.240. The lowest BCUT2D eigenvalue weighted by Gasteiger charge is -2.13. The van der Waals surface area contributed by atoms with Crippen LogP contribution in [0.3, 0.4) is 0 Å². The molecule has 0 aromatic carbocycles. The molecule has 19 heavy (non-hydrogen) atoms. The van der Waals surface area contributed by atoms with Crippen LogP contribution < -0.4 is 0 Å². The van der Waals surface area contributed by atoms with Crippen LogP contribution in [0, 0.1) is 0 Å². The third kappa shape index (κ3) is 12.6. The summed E-state index contributed by atoms with van der Waals surface area (Å²) in [5.74, 6) is -1.67. The number of carbonyl (C=O) groups is 3. The molecule has 0 aromatic rings. The first-order valence-electron chi connectivity index (χ1n) is 5.16. The first kappa shape index (κ1) is 17.4. The molecular weight excluding hydrogens is 263 g/mol. The van der Waals surface area contributed by atoms with E-state index in [4.69, 9.17) is 14.0 Å². The van der Waals surface area contributed by atoms with Crippen molar-refractivity contribution in [1.82, 2.24) is 0 Å². The molecule has 0 radical (unpaired) electrons. The topological polar surface area (TPSA) is 107 Å². The van der Waals surface area contributed by atoms with Crippen LogP contribution >= 0.6 is 0 Å². The molecule has 0 fully saturated rings. The summed E-state index contributed by atoms with van der Waals surface area (Å²) >= 11 is 0. The predicted octanol–water partition coefficient (Wildman–Crippen LogP) is -0.417. The molecule has 0 aliphatic heterocycles. The fraction of sp³-hybridized carbons (Fsp3) is 0.667. The van der Waals surface area contributed by atoms with Crippen LogP contribution in [0.15, 0.2) is 0 Å². The van der Waals surface area contributed by atoms with Crippen LogP contribution in [0.4, 0.5) is 0 Å². The largest absolute Gasteiger partial charge is 0.646 e. The second kappa shape index (κ2) is 10.3. The lowest BCUT2D eigenvalue weighted by atomic mass is 10.2. The lowest BCUT2D eigenvalue weighted by Crippen LogP contribution is -2.31. The first-order valence-corrected chi connectivity index (χ1v) is 5.16. The van der Waals surface area contributed by atoms with Gasteiger partial charge in [0.05, 0.1) is 0 Å². The number of hydrogen-bond donors (Lipinski definition) is 0. The van der Waals surface area contributed by atoms with Crippen molar-refractivity contribution in [2.75, 3.05) is 20.4 Å². The molecule has 0 N–H and O–H groups in total. The summed E-state index contributed by atoms with van der Waals surface area (Å²) in [6.45, 7) is 2.29. The molecule has 10 heteroatoms. The molecular formula is C9H15BO9. The molecule has 0 saturated heterocycles. The summed E-state index contributed by atoms with van der Waals surface area (Å²) in [6, 6.07) is 0. The smallest absolute Gasteiger partial charge is 0.440 e. The van der Waals surface area contributed by atoms with E-state index in [0.717, 1.165) is 0 Å². The van der Waals surface area contributed by atoms with Gasteiger partial charge in [0.25, 0.3) is 0 Å². The Kier molecular flexibility index (Phi) is 9.40. The Morgan fingerprint density at radius 1 is 0.684 bits per heavy atom. The maximum Gasteiger partial charge on any atom is 0.646 e. The standard InChI is InChI=1S/C9H15BO9/c1-7(11)14-4-17-10(18-5-15-8(2)12)19-6-16-9(3)13/h4-6H2,1-3H3. The highest BCUT2D eigenvalue weighted by Gasteiger charge is 2.23. The Morgan fingerprint density at radius 2 is 0.947 bits per heavy atom. The Balaban J connectivity index is 3.94. The first-order chi connectivity index (χ1) is 8.91. The third-order valence-corrected chi connectivity index (χ3v) is 1.40. The maximum atomic E-state index is 10.5. The van der Waals surface area contributed by atoms with Gasteiger partial charge in [0.1, 0.15) is 0 Å². The van der Waals surface area contributed by atoms with Crippen molar-refractivity contribution < 1.29 is 42.6 Å². The molecule has 9 nitrogen and oxygen atoms in total. The molecule has 0 amide bonds. The summed E-state index contributed by atoms with van der Waals surface area (Å²) in [7, 11) is -1.32. The van der Waals surface area contributed by atoms with Gasteiger partial charge in [-0.25, -0.2) is 0 Å². The highest BCUT2D eigenvalue weighted by molar-refractivity contribution is 6.36. The molecule has 0 spiro atoms. The van der Waals surface area contributed by atoms with Crippen molar-refractivity contribution in [1.29, 1.82) is 0 Å². The minimum absolute atomic E-state index is 0.430. The monoisotopic (exact) mass is 278 g/mol. The molecule has 0 aliphatic carbocycles. The zero-order chi connectivity index (χ0) is 14.7. The SMILES string of the molecule is CC(=O)OCOB(OCOC(C)=O)OCOC(C)=O. The van der Waals surface area contributed by atoms with Crippen molar-refractivity contribution in [2.45, 2.75) is 20.8 Å². The lowest BCUT2D eigenvalue weighted by molar-refractivity contribution is -0.156. The van der Waals surface area contributed by atoms with Crippen molar-refractivity contribution in [3.05, 3.63) is 0 Å². The Labute approximate surface area is 110 Å². The summed E-state index contributed by atoms with van der Waals surface area (Å²) in [4.78, 5) is 31.5. The van der Waals surface area contributed by atoms with E-state index in [2.05, 4.69) is 14.2 Å². The molecule has 0 atom stereocenters. The third-order valence-electron chi connectivity index (χ3n) is 1.40. The van der Waals surface area contributed by atoms with Crippen LogP contribution in [0.1, 0.15) is 20.8 Å². The van der Waals surface area contributed by atoms with Crippen molar-refractivity contribution >= 4 is 25.2 Å². The van der Waals surface area contributed by atoms with Crippen LogP contribution in [-0.4, -0.2) is 45.6 Å². The van der Waals surface area contributed by atoms with Gasteiger partial charge >= 0.3 is 25.2 Å². The highest BCUT2D eigenvalue weighted by Crippen LogP contribution is 1.95. The van der Waals surface area contributed by atoms with Gasteiger partial charge < -0.3 is 28.2 Å². The van der Waals surface area contributed by atoms with E-state index in [1.165, 1.54) is 20.8 Å². The van der Waals surface area contributed by atoms with Gasteiger partial charge in [0, 0.05) is 20.8 Å².